The number of carbonyl (C=O) groups excluding carboxylic acids is 1. The molecule has 1 fully saturated rings. The number of allylic oxidation sites excluding steroid dienone is 9. The molecule has 0 radical (unpaired) electrons. The van der Waals surface area contributed by atoms with Gasteiger partial charge in [0.15, 0.2) is 6.29 Å². The standard InChI is InChI=1S/C47H83NO12S/c1-3-5-7-9-11-13-15-16-17-18-19-20-21-22-23-24-25-26-28-30-32-34-36-41(51)46(54)48-39(40(50)35-33-31-29-27-14-12-10-8-6-4-2)38-58-47-44(53)45(60-61(55,56)57)43(52)42(37-49)59-47/h6,8,14,19-20,22-23,27,33,35,39-45,47,49-53H,3-5,7,9-13,15-18,21,24-26,28-32,34,36-38H2,1-2H3,(H,48,54)(H,55,56,57)/b8-6+,20-19-,23-22-,27-14+,35-33+. The van der Waals surface area contributed by atoms with E-state index in [9.17, 15) is 38.7 Å². The van der Waals surface area contributed by atoms with E-state index in [-0.39, 0.29) is 6.42 Å². The Labute approximate surface area is 368 Å². The van der Waals surface area contributed by atoms with E-state index in [1.807, 2.05) is 6.08 Å². The van der Waals surface area contributed by atoms with Gasteiger partial charge in [0.05, 0.1) is 25.4 Å². The van der Waals surface area contributed by atoms with E-state index in [1.54, 1.807) is 6.08 Å². The lowest BCUT2D eigenvalue weighted by Gasteiger charge is -2.41. The Morgan fingerprint density at radius 2 is 1.20 bits per heavy atom. The molecule has 0 bridgehead atoms. The molecule has 0 aromatic rings. The van der Waals surface area contributed by atoms with Crippen LogP contribution in [0, 0.1) is 0 Å². The van der Waals surface area contributed by atoms with Crippen molar-refractivity contribution in [3.8, 4) is 0 Å². The number of rotatable bonds is 38. The molecule has 0 saturated carbocycles. The molecule has 354 valence electrons. The Hall–Kier alpha value is -2.24. The molecule has 14 heteroatoms. The maximum absolute atomic E-state index is 13.1. The number of ether oxygens (including phenoxy) is 2. The SMILES string of the molecule is CC/C=C/CC/C=C/CC/C=C/C(O)C(COC1OC(CO)C(O)C(OS(=O)(=O)O)C1O)NC(=O)C(O)CCCCCCCC/C=C\C/C=C\CCCCCCCCCCC. The van der Waals surface area contributed by atoms with Gasteiger partial charge in [-0.3, -0.25) is 9.35 Å². The van der Waals surface area contributed by atoms with Gasteiger partial charge in [0.25, 0.3) is 0 Å². The quantitative estimate of drug-likeness (QED) is 0.0179. The highest BCUT2D eigenvalue weighted by atomic mass is 32.3. The van der Waals surface area contributed by atoms with Crippen molar-refractivity contribution in [2.24, 2.45) is 0 Å². The molecule has 1 heterocycles. The molecule has 8 atom stereocenters. The van der Waals surface area contributed by atoms with Crippen molar-refractivity contribution >= 4 is 16.3 Å². The minimum atomic E-state index is -5.13. The van der Waals surface area contributed by atoms with Crippen LogP contribution >= 0.6 is 0 Å². The molecule has 8 unspecified atom stereocenters. The lowest BCUT2D eigenvalue weighted by Crippen LogP contribution is -2.61. The average molecular weight is 886 g/mol. The summed E-state index contributed by atoms with van der Waals surface area (Å²) in [5.74, 6) is -0.729. The summed E-state index contributed by atoms with van der Waals surface area (Å²) in [5, 5.41) is 55.0. The number of hydrogen-bond donors (Lipinski definition) is 7. The Balaban J connectivity index is 2.51. The van der Waals surface area contributed by atoms with Crippen LogP contribution in [0.1, 0.15) is 168 Å². The van der Waals surface area contributed by atoms with E-state index in [4.69, 9.17) is 14.0 Å². The topological polar surface area (TPSA) is 212 Å². The molecule has 7 N–H and O–H groups in total. The molecule has 0 aromatic heterocycles. The fraction of sp³-hybridized carbons (Fsp3) is 0.766. The van der Waals surface area contributed by atoms with Crippen LogP contribution in [0.25, 0.3) is 0 Å². The average Bonchev–Trinajstić information content (AvgIpc) is 3.23. The molecule has 0 aromatic carbocycles. The third-order valence-electron chi connectivity index (χ3n) is 10.6. The number of aliphatic hydroxyl groups is 5. The first-order chi connectivity index (χ1) is 29.4. The van der Waals surface area contributed by atoms with Crippen LogP contribution in [0.3, 0.4) is 0 Å². The first-order valence-corrected chi connectivity index (χ1v) is 24.6. The number of nitrogens with one attached hydrogen (secondary N) is 1. The molecule has 0 spiro atoms. The molecule has 1 amide bonds. The molecule has 61 heavy (non-hydrogen) atoms. The van der Waals surface area contributed by atoms with Gasteiger partial charge in [-0.2, -0.15) is 8.42 Å². The first kappa shape index (κ1) is 56.8. The highest BCUT2D eigenvalue weighted by Gasteiger charge is 2.48. The molecular formula is C47H83NO12S. The number of carbonyl (C=O) groups is 1. The largest absolute Gasteiger partial charge is 0.397 e. The Kier molecular flexibility index (Phi) is 34.6. The number of aliphatic hydroxyl groups excluding tert-OH is 5. The molecule has 13 nitrogen and oxygen atoms in total. The molecule has 0 aliphatic carbocycles. The Bertz CT molecular complexity index is 1340. The Morgan fingerprint density at radius 3 is 1.74 bits per heavy atom. The zero-order valence-corrected chi connectivity index (χ0v) is 38.1. The predicted octanol–water partition coefficient (Wildman–Crippen LogP) is 8.02. The number of hydrogen-bond acceptors (Lipinski definition) is 11. The van der Waals surface area contributed by atoms with Crippen LogP contribution in [0.4, 0.5) is 0 Å². The minimum absolute atomic E-state index is 0.219. The zero-order chi connectivity index (χ0) is 45.0. The monoisotopic (exact) mass is 886 g/mol. The van der Waals surface area contributed by atoms with Gasteiger partial charge in [0.2, 0.25) is 5.91 Å². The van der Waals surface area contributed by atoms with Crippen molar-refractivity contribution in [1.29, 1.82) is 0 Å². The summed E-state index contributed by atoms with van der Waals surface area (Å²) in [7, 11) is -5.13. The second-order valence-electron chi connectivity index (χ2n) is 16.1. The van der Waals surface area contributed by atoms with Crippen LogP contribution in [-0.4, -0.2) is 107 Å². The summed E-state index contributed by atoms with van der Waals surface area (Å²) in [5.41, 5.74) is 0. The summed E-state index contributed by atoms with van der Waals surface area (Å²) in [6.07, 6.45) is 34.7. The van der Waals surface area contributed by atoms with Crippen LogP contribution in [0.2, 0.25) is 0 Å². The normalized spacial score (nSPS) is 21.7. The summed E-state index contributed by atoms with van der Waals surface area (Å²) in [4.78, 5) is 13.1. The predicted molar refractivity (Wildman–Crippen MR) is 242 cm³/mol. The third kappa shape index (κ3) is 29.7. The lowest BCUT2D eigenvalue weighted by atomic mass is 9.99. The van der Waals surface area contributed by atoms with Gasteiger partial charge in [-0.15, -0.1) is 0 Å². The van der Waals surface area contributed by atoms with E-state index >= 15 is 0 Å². The van der Waals surface area contributed by atoms with Crippen LogP contribution < -0.4 is 5.32 Å². The second kappa shape index (κ2) is 37.2. The van der Waals surface area contributed by atoms with Crippen molar-refractivity contribution in [3.63, 3.8) is 0 Å². The highest BCUT2D eigenvalue weighted by molar-refractivity contribution is 7.80. The van der Waals surface area contributed by atoms with Gasteiger partial charge in [-0.25, -0.2) is 4.18 Å². The molecule has 1 aliphatic rings. The van der Waals surface area contributed by atoms with E-state index in [0.717, 1.165) is 70.6 Å². The van der Waals surface area contributed by atoms with Gasteiger partial charge < -0.3 is 40.3 Å². The van der Waals surface area contributed by atoms with Crippen LogP contribution in [0.5, 0.6) is 0 Å². The number of unbranched alkanes of at least 4 members (excludes halogenated alkanes) is 17. The van der Waals surface area contributed by atoms with Crippen molar-refractivity contribution in [2.75, 3.05) is 13.2 Å². The second-order valence-corrected chi connectivity index (χ2v) is 17.1. The molecule has 1 rings (SSSR count). The van der Waals surface area contributed by atoms with E-state index in [0.29, 0.717) is 12.8 Å². The maximum atomic E-state index is 13.1. The zero-order valence-electron chi connectivity index (χ0n) is 37.3. The smallest absolute Gasteiger partial charge is 0.394 e. The fourth-order valence-corrected chi connectivity index (χ4v) is 7.45. The number of amides is 1. The van der Waals surface area contributed by atoms with Crippen molar-refractivity contribution in [2.45, 2.75) is 217 Å². The van der Waals surface area contributed by atoms with Gasteiger partial charge in [-0.05, 0) is 70.6 Å². The first-order valence-electron chi connectivity index (χ1n) is 23.3. The van der Waals surface area contributed by atoms with Crippen molar-refractivity contribution in [1.82, 2.24) is 5.32 Å². The summed E-state index contributed by atoms with van der Waals surface area (Å²) < 4.78 is 47.4. The van der Waals surface area contributed by atoms with Crippen LogP contribution in [0.15, 0.2) is 60.8 Å². The summed E-state index contributed by atoms with van der Waals surface area (Å²) in [6.45, 7) is 3.04. The van der Waals surface area contributed by atoms with Gasteiger partial charge in [0, 0.05) is 0 Å². The molecular weight excluding hydrogens is 803 g/mol. The summed E-state index contributed by atoms with van der Waals surface area (Å²) in [6, 6.07) is -1.15. The maximum Gasteiger partial charge on any atom is 0.397 e. The van der Waals surface area contributed by atoms with E-state index < -0.39 is 78.5 Å². The summed E-state index contributed by atoms with van der Waals surface area (Å²) >= 11 is 0. The lowest BCUT2D eigenvalue weighted by molar-refractivity contribution is -0.298. The van der Waals surface area contributed by atoms with Crippen molar-refractivity contribution < 1.29 is 57.0 Å². The highest BCUT2D eigenvalue weighted by Crippen LogP contribution is 2.26. The van der Waals surface area contributed by atoms with Crippen LogP contribution in [-0.2, 0) is 28.9 Å². The minimum Gasteiger partial charge on any atom is -0.394 e. The fourth-order valence-electron chi connectivity index (χ4n) is 6.94. The van der Waals surface area contributed by atoms with Gasteiger partial charge >= 0.3 is 10.4 Å². The molecule has 1 saturated heterocycles. The Morgan fingerprint density at radius 1 is 0.689 bits per heavy atom. The molecule has 1 aliphatic heterocycles. The van der Waals surface area contributed by atoms with Crippen molar-refractivity contribution in [3.05, 3.63) is 60.8 Å². The van der Waals surface area contributed by atoms with Gasteiger partial charge in [-0.1, -0.05) is 158 Å². The van der Waals surface area contributed by atoms with Gasteiger partial charge in [0.1, 0.15) is 30.5 Å². The third-order valence-corrected chi connectivity index (χ3v) is 11.1. The van der Waals surface area contributed by atoms with E-state index in [2.05, 4.69) is 65.9 Å². The van der Waals surface area contributed by atoms with E-state index in [1.165, 1.54) is 70.3 Å².